The SMILES string of the molecule is CCOc1ccc(S(=O)(=O)NCCC(=O)NC2CCN(Cc3ccccc3OC)CC2)cc1. The normalized spacial score (nSPS) is 15.2. The number of sulfonamides is 1. The first kappa shape index (κ1) is 25.0. The maximum absolute atomic E-state index is 12.4. The minimum absolute atomic E-state index is 0.0496. The van der Waals surface area contributed by atoms with Crippen LogP contribution in [0.2, 0.25) is 0 Å². The molecule has 1 heterocycles. The maximum atomic E-state index is 12.4. The van der Waals surface area contributed by atoms with E-state index in [9.17, 15) is 13.2 Å². The number of para-hydroxylation sites is 1. The van der Waals surface area contributed by atoms with Crippen molar-refractivity contribution >= 4 is 15.9 Å². The molecule has 0 radical (unpaired) electrons. The lowest BCUT2D eigenvalue weighted by Gasteiger charge is -2.32. The Hall–Kier alpha value is -2.62. The third kappa shape index (κ3) is 7.45. The van der Waals surface area contributed by atoms with Gasteiger partial charge in [-0.15, -0.1) is 0 Å². The number of nitrogens with zero attached hydrogens (tertiary/aromatic N) is 1. The van der Waals surface area contributed by atoms with Crippen LogP contribution in [-0.2, 0) is 21.4 Å². The van der Waals surface area contributed by atoms with Gasteiger partial charge in [-0.3, -0.25) is 9.69 Å². The predicted molar refractivity (Wildman–Crippen MR) is 127 cm³/mol. The van der Waals surface area contributed by atoms with E-state index in [-0.39, 0.29) is 29.8 Å². The molecular weight excluding hydrogens is 442 g/mol. The summed E-state index contributed by atoms with van der Waals surface area (Å²) in [7, 11) is -1.99. The molecule has 2 N–H and O–H groups in total. The monoisotopic (exact) mass is 475 g/mol. The number of piperidine rings is 1. The quantitative estimate of drug-likeness (QED) is 0.519. The average Bonchev–Trinajstić information content (AvgIpc) is 2.81. The second kappa shape index (κ2) is 12.0. The summed E-state index contributed by atoms with van der Waals surface area (Å²) in [6.45, 7) is 5.01. The highest BCUT2D eigenvalue weighted by Crippen LogP contribution is 2.21. The van der Waals surface area contributed by atoms with Gasteiger partial charge < -0.3 is 14.8 Å². The second-order valence-electron chi connectivity index (χ2n) is 7.98. The van der Waals surface area contributed by atoms with E-state index in [4.69, 9.17) is 9.47 Å². The molecule has 33 heavy (non-hydrogen) atoms. The molecule has 3 rings (SSSR count). The Morgan fingerprint density at radius 3 is 2.45 bits per heavy atom. The topological polar surface area (TPSA) is 97.0 Å². The van der Waals surface area contributed by atoms with Crippen LogP contribution >= 0.6 is 0 Å². The van der Waals surface area contributed by atoms with Gasteiger partial charge in [-0.25, -0.2) is 13.1 Å². The number of carbonyl (C=O) groups excluding carboxylic acids is 1. The summed E-state index contributed by atoms with van der Waals surface area (Å²) in [4.78, 5) is 14.8. The first-order valence-electron chi connectivity index (χ1n) is 11.3. The lowest BCUT2D eigenvalue weighted by atomic mass is 10.0. The van der Waals surface area contributed by atoms with Crippen molar-refractivity contribution in [1.82, 2.24) is 14.9 Å². The summed E-state index contributed by atoms with van der Waals surface area (Å²) in [6.07, 6.45) is 1.81. The van der Waals surface area contributed by atoms with E-state index in [1.54, 1.807) is 19.2 Å². The van der Waals surface area contributed by atoms with E-state index in [2.05, 4.69) is 21.0 Å². The number of carbonyl (C=O) groups is 1. The fourth-order valence-corrected chi connectivity index (χ4v) is 4.91. The van der Waals surface area contributed by atoms with Crippen molar-refractivity contribution in [3.05, 3.63) is 54.1 Å². The molecular formula is C24H33N3O5S. The number of rotatable bonds is 11. The molecule has 1 aliphatic heterocycles. The fraction of sp³-hybridized carbons (Fsp3) is 0.458. The van der Waals surface area contributed by atoms with Crippen molar-refractivity contribution in [2.75, 3.05) is 33.4 Å². The van der Waals surface area contributed by atoms with Crippen LogP contribution in [-0.4, -0.2) is 58.6 Å². The van der Waals surface area contributed by atoms with Gasteiger partial charge in [-0.1, -0.05) is 18.2 Å². The molecule has 1 amide bonds. The van der Waals surface area contributed by atoms with Crippen LogP contribution in [0.5, 0.6) is 11.5 Å². The van der Waals surface area contributed by atoms with E-state index in [0.717, 1.165) is 43.8 Å². The third-order valence-corrected chi connectivity index (χ3v) is 7.11. The zero-order valence-electron chi connectivity index (χ0n) is 19.2. The van der Waals surface area contributed by atoms with Crippen LogP contribution in [0.1, 0.15) is 31.7 Å². The molecule has 1 aliphatic rings. The Kier molecular flexibility index (Phi) is 9.11. The van der Waals surface area contributed by atoms with Crippen molar-refractivity contribution in [2.45, 2.75) is 43.7 Å². The van der Waals surface area contributed by atoms with Gasteiger partial charge in [0.2, 0.25) is 15.9 Å². The number of methoxy groups -OCH3 is 1. The summed E-state index contributed by atoms with van der Waals surface area (Å²) in [5, 5.41) is 3.03. The summed E-state index contributed by atoms with van der Waals surface area (Å²) >= 11 is 0. The van der Waals surface area contributed by atoms with E-state index < -0.39 is 10.0 Å². The predicted octanol–water partition coefficient (Wildman–Crippen LogP) is 2.54. The van der Waals surface area contributed by atoms with E-state index in [0.29, 0.717) is 12.4 Å². The number of ether oxygens (including phenoxy) is 2. The molecule has 0 saturated carbocycles. The van der Waals surface area contributed by atoms with Crippen molar-refractivity contribution in [3.8, 4) is 11.5 Å². The molecule has 0 atom stereocenters. The largest absolute Gasteiger partial charge is 0.496 e. The third-order valence-electron chi connectivity index (χ3n) is 5.63. The molecule has 0 aliphatic carbocycles. The van der Waals surface area contributed by atoms with Crippen LogP contribution in [0.3, 0.4) is 0 Å². The minimum Gasteiger partial charge on any atom is -0.496 e. The first-order valence-corrected chi connectivity index (χ1v) is 12.8. The average molecular weight is 476 g/mol. The molecule has 0 spiro atoms. The first-order chi connectivity index (χ1) is 15.9. The summed E-state index contributed by atoms with van der Waals surface area (Å²) < 4.78 is 38.1. The van der Waals surface area contributed by atoms with Gasteiger partial charge in [0.05, 0.1) is 18.6 Å². The molecule has 9 heteroatoms. The van der Waals surface area contributed by atoms with Gasteiger partial charge in [-0.2, -0.15) is 0 Å². The lowest BCUT2D eigenvalue weighted by Crippen LogP contribution is -2.45. The number of nitrogens with one attached hydrogen (secondary N) is 2. The van der Waals surface area contributed by atoms with Crippen LogP contribution in [0.4, 0.5) is 0 Å². The molecule has 0 bridgehead atoms. The Bertz CT molecular complexity index is 1000. The second-order valence-corrected chi connectivity index (χ2v) is 9.75. The smallest absolute Gasteiger partial charge is 0.240 e. The van der Waals surface area contributed by atoms with Crippen molar-refractivity contribution < 1.29 is 22.7 Å². The van der Waals surface area contributed by atoms with E-state index >= 15 is 0 Å². The van der Waals surface area contributed by atoms with Gasteiger partial charge in [0.15, 0.2) is 0 Å². The van der Waals surface area contributed by atoms with Gasteiger partial charge >= 0.3 is 0 Å². The Morgan fingerprint density at radius 2 is 1.79 bits per heavy atom. The van der Waals surface area contributed by atoms with Crippen molar-refractivity contribution in [2.24, 2.45) is 0 Å². The highest BCUT2D eigenvalue weighted by molar-refractivity contribution is 7.89. The van der Waals surface area contributed by atoms with Crippen LogP contribution in [0.25, 0.3) is 0 Å². The molecule has 1 fully saturated rings. The zero-order chi connectivity index (χ0) is 23.7. The van der Waals surface area contributed by atoms with Crippen molar-refractivity contribution in [3.63, 3.8) is 0 Å². The standard InChI is InChI=1S/C24H33N3O5S/c1-3-32-21-8-10-22(11-9-21)33(29,30)25-15-12-24(28)26-20-13-16-27(17-14-20)18-19-6-4-5-7-23(19)31-2/h4-11,20,25H,3,12-18H2,1-2H3,(H,26,28). The molecule has 2 aromatic carbocycles. The fourth-order valence-electron chi connectivity index (χ4n) is 3.87. The zero-order valence-corrected chi connectivity index (χ0v) is 20.1. The van der Waals surface area contributed by atoms with Crippen LogP contribution < -0.4 is 19.5 Å². The van der Waals surface area contributed by atoms with Crippen LogP contribution in [0, 0.1) is 0 Å². The van der Waals surface area contributed by atoms with Gasteiger partial charge in [-0.05, 0) is 50.1 Å². The number of benzene rings is 2. The Morgan fingerprint density at radius 1 is 1.09 bits per heavy atom. The van der Waals surface area contributed by atoms with Gasteiger partial charge in [0, 0.05) is 44.2 Å². The summed E-state index contributed by atoms with van der Waals surface area (Å²) in [6, 6.07) is 14.3. The minimum atomic E-state index is -3.67. The van der Waals surface area contributed by atoms with E-state index in [1.165, 1.54) is 12.1 Å². The number of amides is 1. The summed E-state index contributed by atoms with van der Waals surface area (Å²) in [5.41, 5.74) is 1.15. The molecule has 1 saturated heterocycles. The Labute approximate surface area is 196 Å². The van der Waals surface area contributed by atoms with Crippen molar-refractivity contribution in [1.29, 1.82) is 0 Å². The number of likely N-dealkylation sites (tertiary alicyclic amines) is 1. The molecule has 0 aromatic heterocycles. The van der Waals surface area contributed by atoms with Gasteiger partial charge in [0.1, 0.15) is 11.5 Å². The highest BCUT2D eigenvalue weighted by atomic mass is 32.2. The molecule has 0 unspecified atom stereocenters. The molecule has 8 nitrogen and oxygen atoms in total. The number of hydrogen-bond acceptors (Lipinski definition) is 6. The van der Waals surface area contributed by atoms with Gasteiger partial charge in [0.25, 0.3) is 0 Å². The number of hydrogen-bond donors (Lipinski definition) is 2. The highest BCUT2D eigenvalue weighted by Gasteiger charge is 2.22. The molecule has 2 aromatic rings. The van der Waals surface area contributed by atoms with E-state index in [1.807, 2.05) is 25.1 Å². The summed E-state index contributed by atoms with van der Waals surface area (Å²) in [5.74, 6) is 1.36. The molecule has 180 valence electrons. The Balaban J connectivity index is 1.38. The lowest BCUT2D eigenvalue weighted by molar-refractivity contribution is -0.121. The van der Waals surface area contributed by atoms with Crippen LogP contribution in [0.15, 0.2) is 53.4 Å². The maximum Gasteiger partial charge on any atom is 0.240 e.